The summed E-state index contributed by atoms with van der Waals surface area (Å²) in [5.74, 6) is 0.701. The van der Waals surface area contributed by atoms with Crippen LogP contribution in [0.4, 0.5) is 0 Å². The van der Waals surface area contributed by atoms with Crippen LogP contribution in [0.1, 0.15) is 44.1 Å². The molecule has 1 N–H and O–H groups in total. The normalized spacial score (nSPS) is 11.0. The standard InChI is InChI=1S/C14H25N3O/c1-6-15-14(18)8-7-13-11(4)16-17(12(13)5)9-10(2)3/h10H,6-9H2,1-5H3,(H,15,18). The van der Waals surface area contributed by atoms with Crippen LogP contribution in [-0.4, -0.2) is 22.2 Å². The minimum atomic E-state index is 0.118. The first kappa shape index (κ1) is 14.7. The Kier molecular flexibility index (Phi) is 5.38. The van der Waals surface area contributed by atoms with Crippen molar-refractivity contribution >= 4 is 5.91 Å². The predicted octanol–water partition coefficient (Wildman–Crippen LogP) is 2.22. The molecule has 4 nitrogen and oxygen atoms in total. The molecule has 0 saturated carbocycles. The van der Waals surface area contributed by atoms with Gasteiger partial charge in [-0.15, -0.1) is 0 Å². The summed E-state index contributed by atoms with van der Waals surface area (Å²) < 4.78 is 2.06. The number of hydrogen-bond donors (Lipinski definition) is 1. The molecule has 0 saturated heterocycles. The van der Waals surface area contributed by atoms with Crippen LogP contribution in [0.15, 0.2) is 0 Å². The van der Waals surface area contributed by atoms with Crippen molar-refractivity contribution in [3.05, 3.63) is 17.0 Å². The number of nitrogens with one attached hydrogen (secondary N) is 1. The van der Waals surface area contributed by atoms with Crippen LogP contribution >= 0.6 is 0 Å². The summed E-state index contributed by atoms with van der Waals surface area (Å²) in [5.41, 5.74) is 3.48. The number of amides is 1. The monoisotopic (exact) mass is 251 g/mol. The van der Waals surface area contributed by atoms with Gasteiger partial charge in [-0.2, -0.15) is 5.10 Å². The highest BCUT2D eigenvalue weighted by molar-refractivity contribution is 5.76. The van der Waals surface area contributed by atoms with Gasteiger partial charge in [0, 0.05) is 25.2 Å². The first-order valence-electron chi connectivity index (χ1n) is 6.75. The van der Waals surface area contributed by atoms with E-state index in [0.29, 0.717) is 18.9 Å². The summed E-state index contributed by atoms with van der Waals surface area (Å²) in [6.45, 7) is 12.1. The van der Waals surface area contributed by atoms with E-state index in [2.05, 4.69) is 35.9 Å². The number of carbonyl (C=O) groups excluding carboxylic acids is 1. The van der Waals surface area contributed by atoms with Crippen LogP contribution in [0, 0.1) is 19.8 Å². The Morgan fingerprint density at radius 2 is 2.06 bits per heavy atom. The second-order valence-electron chi connectivity index (χ2n) is 5.18. The summed E-state index contributed by atoms with van der Waals surface area (Å²) in [6, 6.07) is 0. The molecule has 0 unspecified atom stereocenters. The van der Waals surface area contributed by atoms with E-state index >= 15 is 0 Å². The van der Waals surface area contributed by atoms with Crippen LogP contribution in [0.3, 0.4) is 0 Å². The zero-order valence-corrected chi connectivity index (χ0v) is 12.2. The predicted molar refractivity (Wildman–Crippen MR) is 73.5 cm³/mol. The Balaban J connectivity index is 2.71. The lowest BCUT2D eigenvalue weighted by Crippen LogP contribution is -2.22. The third-order valence-electron chi connectivity index (χ3n) is 3.05. The molecule has 0 spiro atoms. The fourth-order valence-corrected chi connectivity index (χ4v) is 2.14. The lowest BCUT2D eigenvalue weighted by atomic mass is 10.1. The first-order chi connectivity index (χ1) is 8.45. The minimum absolute atomic E-state index is 0.118. The van der Waals surface area contributed by atoms with Crippen LogP contribution < -0.4 is 5.32 Å². The van der Waals surface area contributed by atoms with E-state index < -0.39 is 0 Å². The summed E-state index contributed by atoms with van der Waals surface area (Å²) >= 11 is 0. The molecule has 102 valence electrons. The molecule has 0 bridgehead atoms. The van der Waals surface area contributed by atoms with E-state index in [1.54, 1.807) is 0 Å². The SMILES string of the molecule is CCNC(=O)CCc1c(C)nn(CC(C)C)c1C. The zero-order chi connectivity index (χ0) is 13.7. The van der Waals surface area contributed by atoms with Crippen molar-refractivity contribution in [3.63, 3.8) is 0 Å². The molecule has 0 aromatic carbocycles. The topological polar surface area (TPSA) is 46.9 Å². The van der Waals surface area contributed by atoms with E-state index in [9.17, 15) is 4.79 Å². The number of aryl methyl sites for hydroxylation is 1. The molecule has 1 amide bonds. The molecule has 1 aromatic rings. The minimum Gasteiger partial charge on any atom is -0.356 e. The summed E-state index contributed by atoms with van der Waals surface area (Å²) in [6.07, 6.45) is 1.32. The molecule has 0 atom stereocenters. The quantitative estimate of drug-likeness (QED) is 0.842. The van der Waals surface area contributed by atoms with Gasteiger partial charge in [0.25, 0.3) is 0 Å². The molecular formula is C14H25N3O. The maximum atomic E-state index is 11.5. The maximum Gasteiger partial charge on any atom is 0.220 e. The number of hydrogen-bond acceptors (Lipinski definition) is 2. The molecule has 1 heterocycles. The fourth-order valence-electron chi connectivity index (χ4n) is 2.14. The molecule has 0 fully saturated rings. The lowest BCUT2D eigenvalue weighted by Gasteiger charge is -2.08. The highest BCUT2D eigenvalue weighted by atomic mass is 16.1. The van der Waals surface area contributed by atoms with Crippen LogP contribution in [0.5, 0.6) is 0 Å². The second-order valence-corrected chi connectivity index (χ2v) is 5.18. The van der Waals surface area contributed by atoms with Crippen LogP contribution in [-0.2, 0) is 17.8 Å². The zero-order valence-electron chi connectivity index (χ0n) is 12.2. The summed E-state index contributed by atoms with van der Waals surface area (Å²) in [5, 5.41) is 7.39. The molecule has 0 aliphatic heterocycles. The van der Waals surface area contributed by atoms with Gasteiger partial charge in [-0.3, -0.25) is 9.48 Å². The van der Waals surface area contributed by atoms with Gasteiger partial charge in [0.2, 0.25) is 5.91 Å². The Bertz CT molecular complexity index is 407. The highest BCUT2D eigenvalue weighted by Crippen LogP contribution is 2.16. The van der Waals surface area contributed by atoms with Gasteiger partial charge < -0.3 is 5.32 Å². The number of rotatable bonds is 6. The molecule has 0 aliphatic rings. The van der Waals surface area contributed by atoms with Gasteiger partial charge in [-0.05, 0) is 38.7 Å². The van der Waals surface area contributed by atoms with Gasteiger partial charge in [-0.1, -0.05) is 13.8 Å². The third-order valence-corrected chi connectivity index (χ3v) is 3.05. The number of carbonyl (C=O) groups is 1. The van der Waals surface area contributed by atoms with Crippen molar-refractivity contribution in [1.29, 1.82) is 0 Å². The largest absolute Gasteiger partial charge is 0.356 e. The van der Waals surface area contributed by atoms with Gasteiger partial charge in [0.05, 0.1) is 5.69 Å². The van der Waals surface area contributed by atoms with E-state index in [0.717, 1.165) is 18.7 Å². The van der Waals surface area contributed by atoms with Crippen molar-refractivity contribution in [2.75, 3.05) is 6.54 Å². The van der Waals surface area contributed by atoms with E-state index in [1.165, 1.54) is 11.3 Å². The van der Waals surface area contributed by atoms with Crippen LogP contribution in [0.25, 0.3) is 0 Å². The molecule has 1 rings (SSSR count). The molecule has 4 heteroatoms. The van der Waals surface area contributed by atoms with Gasteiger partial charge >= 0.3 is 0 Å². The van der Waals surface area contributed by atoms with Gasteiger partial charge in [-0.25, -0.2) is 0 Å². The Hall–Kier alpha value is -1.32. The van der Waals surface area contributed by atoms with Crippen molar-refractivity contribution in [1.82, 2.24) is 15.1 Å². The summed E-state index contributed by atoms with van der Waals surface area (Å²) in [7, 11) is 0. The fraction of sp³-hybridized carbons (Fsp3) is 0.714. The molecule has 0 aliphatic carbocycles. The number of aromatic nitrogens is 2. The van der Waals surface area contributed by atoms with Gasteiger partial charge in [0.1, 0.15) is 0 Å². The third kappa shape index (κ3) is 3.86. The van der Waals surface area contributed by atoms with E-state index in [4.69, 9.17) is 0 Å². The summed E-state index contributed by atoms with van der Waals surface area (Å²) in [4.78, 5) is 11.5. The maximum absolute atomic E-state index is 11.5. The van der Waals surface area contributed by atoms with E-state index in [1.807, 2.05) is 13.8 Å². The molecule has 18 heavy (non-hydrogen) atoms. The van der Waals surface area contributed by atoms with Crippen molar-refractivity contribution in [3.8, 4) is 0 Å². The molecule has 1 aromatic heterocycles. The Labute approximate surface area is 110 Å². The first-order valence-corrected chi connectivity index (χ1v) is 6.75. The Morgan fingerprint density at radius 1 is 1.39 bits per heavy atom. The average molecular weight is 251 g/mol. The van der Waals surface area contributed by atoms with Crippen molar-refractivity contribution in [2.45, 2.75) is 54.0 Å². The smallest absolute Gasteiger partial charge is 0.220 e. The van der Waals surface area contributed by atoms with Crippen molar-refractivity contribution < 1.29 is 4.79 Å². The van der Waals surface area contributed by atoms with E-state index in [-0.39, 0.29) is 5.91 Å². The number of nitrogens with zero attached hydrogens (tertiary/aromatic N) is 2. The van der Waals surface area contributed by atoms with Gasteiger partial charge in [0.15, 0.2) is 0 Å². The Morgan fingerprint density at radius 3 is 2.61 bits per heavy atom. The molecular weight excluding hydrogens is 226 g/mol. The van der Waals surface area contributed by atoms with Crippen LogP contribution in [0.2, 0.25) is 0 Å². The lowest BCUT2D eigenvalue weighted by molar-refractivity contribution is -0.120. The second kappa shape index (κ2) is 6.57. The highest BCUT2D eigenvalue weighted by Gasteiger charge is 2.13. The van der Waals surface area contributed by atoms with Crippen molar-refractivity contribution in [2.24, 2.45) is 5.92 Å². The molecule has 0 radical (unpaired) electrons. The average Bonchev–Trinajstić information content (AvgIpc) is 2.52.